The zero-order valence-corrected chi connectivity index (χ0v) is 15.1. The van der Waals surface area contributed by atoms with Crippen molar-refractivity contribution in [1.29, 1.82) is 0 Å². The number of hydrogen-bond acceptors (Lipinski definition) is 5. The van der Waals surface area contributed by atoms with Gasteiger partial charge >= 0.3 is 5.97 Å². The number of esters is 1. The van der Waals surface area contributed by atoms with Gasteiger partial charge in [-0.05, 0) is 36.8 Å². The molecular formula is C17H14Cl2N2O5. The van der Waals surface area contributed by atoms with Gasteiger partial charge in [0.1, 0.15) is 5.56 Å². The van der Waals surface area contributed by atoms with Crippen molar-refractivity contribution in [3.63, 3.8) is 0 Å². The van der Waals surface area contributed by atoms with E-state index in [9.17, 15) is 19.7 Å². The van der Waals surface area contributed by atoms with Crippen LogP contribution in [0.4, 0.5) is 5.69 Å². The number of hydrogen-bond donors (Lipinski definition) is 1. The summed E-state index contributed by atoms with van der Waals surface area (Å²) < 4.78 is 4.86. The Kier molecular flexibility index (Phi) is 6.54. The van der Waals surface area contributed by atoms with E-state index < -0.39 is 29.1 Å². The predicted molar refractivity (Wildman–Crippen MR) is 96.4 cm³/mol. The first kappa shape index (κ1) is 19.7. The first-order chi connectivity index (χ1) is 12.3. The minimum atomic E-state index is -1.01. The molecule has 0 radical (unpaired) electrons. The molecule has 0 saturated heterocycles. The van der Waals surface area contributed by atoms with E-state index in [1.165, 1.54) is 6.07 Å². The molecule has 2 rings (SSSR count). The molecule has 0 fully saturated rings. The van der Waals surface area contributed by atoms with Gasteiger partial charge in [0.2, 0.25) is 0 Å². The summed E-state index contributed by atoms with van der Waals surface area (Å²) in [6, 6.07) is 10.1. The van der Waals surface area contributed by atoms with Gasteiger partial charge < -0.3 is 10.1 Å². The molecule has 2 aromatic carbocycles. The van der Waals surface area contributed by atoms with E-state index in [-0.39, 0.29) is 16.6 Å². The van der Waals surface area contributed by atoms with Gasteiger partial charge in [-0.15, -0.1) is 0 Å². The molecule has 0 aliphatic heterocycles. The SMILES string of the molecule is CC(NC(=O)COC(=O)c1cc(Cl)ccc1[N+](=O)[O-])c1ccc(Cl)cc1. The van der Waals surface area contributed by atoms with E-state index in [2.05, 4.69) is 5.32 Å². The number of ether oxygens (including phenoxy) is 1. The molecule has 0 aliphatic rings. The number of rotatable bonds is 6. The summed E-state index contributed by atoms with van der Waals surface area (Å²) in [5, 5.41) is 14.3. The minimum absolute atomic E-state index is 0.142. The second-order valence-electron chi connectivity index (χ2n) is 5.34. The minimum Gasteiger partial charge on any atom is -0.452 e. The highest BCUT2D eigenvalue weighted by Crippen LogP contribution is 2.23. The van der Waals surface area contributed by atoms with E-state index in [1.54, 1.807) is 31.2 Å². The molecule has 1 N–H and O–H groups in total. The summed E-state index contributed by atoms with van der Waals surface area (Å²) in [4.78, 5) is 34.2. The summed E-state index contributed by atoms with van der Waals surface area (Å²) in [6.45, 7) is 1.17. The second-order valence-corrected chi connectivity index (χ2v) is 6.21. The Morgan fingerprint density at radius 2 is 1.77 bits per heavy atom. The summed E-state index contributed by atoms with van der Waals surface area (Å²) >= 11 is 11.6. The molecule has 9 heteroatoms. The molecule has 136 valence electrons. The number of nitro groups is 1. The highest BCUT2D eigenvalue weighted by molar-refractivity contribution is 6.31. The van der Waals surface area contributed by atoms with Crippen LogP contribution in [-0.2, 0) is 9.53 Å². The summed E-state index contributed by atoms with van der Waals surface area (Å²) in [6.07, 6.45) is 0. The Hall–Kier alpha value is -2.64. The van der Waals surface area contributed by atoms with Crippen LogP contribution in [0.2, 0.25) is 10.0 Å². The normalized spacial score (nSPS) is 11.5. The van der Waals surface area contributed by atoms with Gasteiger partial charge in [-0.2, -0.15) is 0 Å². The first-order valence-electron chi connectivity index (χ1n) is 7.44. The van der Waals surface area contributed by atoms with Crippen LogP contribution in [0.5, 0.6) is 0 Å². The van der Waals surface area contributed by atoms with Crippen LogP contribution >= 0.6 is 23.2 Å². The number of benzene rings is 2. The zero-order chi connectivity index (χ0) is 19.3. The van der Waals surface area contributed by atoms with E-state index >= 15 is 0 Å². The van der Waals surface area contributed by atoms with Crippen LogP contribution in [0.3, 0.4) is 0 Å². The molecule has 26 heavy (non-hydrogen) atoms. The first-order valence-corrected chi connectivity index (χ1v) is 8.19. The highest BCUT2D eigenvalue weighted by atomic mass is 35.5. The van der Waals surface area contributed by atoms with Gasteiger partial charge in [-0.3, -0.25) is 14.9 Å². The van der Waals surface area contributed by atoms with Crippen molar-refractivity contribution in [2.45, 2.75) is 13.0 Å². The van der Waals surface area contributed by atoms with Crippen LogP contribution in [0.25, 0.3) is 0 Å². The Balaban J connectivity index is 1.97. The number of halogens is 2. The van der Waals surface area contributed by atoms with Crippen molar-refractivity contribution in [3.8, 4) is 0 Å². The molecule has 1 unspecified atom stereocenters. The van der Waals surface area contributed by atoms with E-state index in [4.69, 9.17) is 27.9 Å². The van der Waals surface area contributed by atoms with Gasteiger partial charge in [0.05, 0.1) is 11.0 Å². The van der Waals surface area contributed by atoms with Crippen LogP contribution in [0.15, 0.2) is 42.5 Å². The lowest BCUT2D eigenvalue weighted by Gasteiger charge is -2.14. The quantitative estimate of drug-likeness (QED) is 0.452. The van der Waals surface area contributed by atoms with E-state index in [0.717, 1.165) is 17.7 Å². The Labute approximate surface area is 159 Å². The van der Waals surface area contributed by atoms with Gasteiger partial charge in [0.25, 0.3) is 11.6 Å². The lowest BCUT2D eigenvalue weighted by Crippen LogP contribution is -2.31. The standard InChI is InChI=1S/C17H14Cl2N2O5/c1-10(11-2-4-12(18)5-3-11)20-16(22)9-26-17(23)14-8-13(19)6-7-15(14)21(24)25/h2-8,10H,9H2,1H3,(H,20,22). The van der Waals surface area contributed by atoms with Crippen LogP contribution in [0, 0.1) is 10.1 Å². The number of carbonyl (C=O) groups is 2. The highest BCUT2D eigenvalue weighted by Gasteiger charge is 2.22. The molecule has 0 spiro atoms. The molecule has 0 aromatic heterocycles. The second kappa shape index (κ2) is 8.64. The average Bonchev–Trinajstić information content (AvgIpc) is 2.59. The maximum Gasteiger partial charge on any atom is 0.345 e. The molecule has 0 bridgehead atoms. The van der Waals surface area contributed by atoms with Crippen LogP contribution in [-0.4, -0.2) is 23.4 Å². The number of carbonyl (C=O) groups excluding carboxylic acids is 2. The number of amides is 1. The van der Waals surface area contributed by atoms with Gasteiger partial charge in [-0.1, -0.05) is 35.3 Å². The maximum atomic E-state index is 12.0. The van der Waals surface area contributed by atoms with Gasteiger partial charge in [0.15, 0.2) is 6.61 Å². The van der Waals surface area contributed by atoms with Crippen LogP contribution in [0.1, 0.15) is 28.9 Å². The van der Waals surface area contributed by atoms with Crippen molar-refractivity contribution in [3.05, 3.63) is 73.8 Å². The summed E-state index contributed by atoms with van der Waals surface area (Å²) in [7, 11) is 0. The largest absolute Gasteiger partial charge is 0.452 e. The van der Waals surface area contributed by atoms with E-state index in [0.29, 0.717) is 5.02 Å². The fraction of sp³-hybridized carbons (Fsp3) is 0.176. The Morgan fingerprint density at radius 1 is 1.15 bits per heavy atom. The fourth-order valence-corrected chi connectivity index (χ4v) is 2.46. The molecule has 0 heterocycles. The summed E-state index contributed by atoms with van der Waals surface area (Å²) in [5.74, 6) is -1.56. The van der Waals surface area contributed by atoms with Crippen molar-refractivity contribution < 1.29 is 19.2 Å². The van der Waals surface area contributed by atoms with Crippen molar-refractivity contribution in [2.24, 2.45) is 0 Å². The maximum absolute atomic E-state index is 12.0. The average molecular weight is 397 g/mol. The lowest BCUT2D eigenvalue weighted by molar-refractivity contribution is -0.385. The molecule has 1 amide bonds. The third kappa shape index (κ3) is 5.18. The van der Waals surface area contributed by atoms with Gasteiger partial charge in [0, 0.05) is 16.1 Å². The topological polar surface area (TPSA) is 98.5 Å². The smallest absolute Gasteiger partial charge is 0.345 e. The van der Waals surface area contributed by atoms with Crippen molar-refractivity contribution >= 4 is 40.8 Å². The monoisotopic (exact) mass is 396 g/mol. The predicted octanol–water partition coefficient (Wildman–Crippen LogP) is 3.94. The molecule has 7 nitrogen and oxygen atoms in total. The number of nitrogens with zero attached hydrogens (tertiary/aromatic N) is 1. The Morgan fingerprint density at radius 3 is 2.38 bits per heavy atom. The molecule has 1 atom stereocenters. The fourth-order valence-electron chi connectivity index (χ4n) is 2.16. The lowest BCUT2D eigenvalue weighted by atomic mass is 10.1. The third-order valence-electron chi connectivity index (χ3n) is 3.46. The molecular weight excluding hydrogens is 383 g/mol. The molecule has 2 aromatic rings. The number of nitro benzene ring substituents is 1. The molecule has 0 saturated carbocycles. The van der Waals surface area contributed by atoms with E-state index in [1.807, 2.05) is 0 Å². The zero-order valence-electron chi connectivity index (χ0n) is 13.6. The van der Waals surface area contributed by atoms with Crippen LogP contribution < -0.4 is 5.32 Å². The summed E-state index contributed by atoms with van der Waals surface area (Å²) in [5.41, 5.74) is 0.0509. The third-order valence-corrected chi connectivity index (χ3v) is 3.94. The Bertz CT molecular complexity index is 840. The van der Waals surface area contributed by atoms with Crippen molar-refractivity contribution in [1.82, 2.24) is 5.32 Å². The number of nitrogens with one attached hydrogen (secondary N) is 1. The van der Waals surface area contributed by atoms with Crippen molar-refractivity contribution in [2.75, 3.05) is 6.61 Å². The molecule has 0 aliphatic carbocycles. The van der Waals surface area contributed by atoms with Gasteiger partial charge in [-0.25, -0.2) is 4.79 Å².